The van der Waals surface area contributed by atoms with Gasteiger partial charge in [-0.25, -0.2) is 4.98 Å². The summed E-state index contributed by atoms with van der Waals surface area (Å²) in [6.07, 6.45) is 5.90. The van der Waals surface area contributed by atoms with Crippen LogP contribution in [-0.2, 0) is 11.2 Å². The maximum absolute atomic E-state index is 12.8. The molecule has 7 heteroatoms. The second-order valence-electron chi connectivity index (χ2n) is 8.33. The zero-order chi connectivity index (χ0) is 20.4. The van der Waals surface area contributed by atoms with Gasteiger partial charge in [-0.1, -0.05) is 6.07 Å². The Kier molecular flexibility index (Phi) is 5.39. The highest BCUT2D eigenvalue weighted by Gasteiger charge is 2.42. The van der Waals surface area contributed by atoms with Crippen LogP contribution in [0.5, 0.6) is 0 Å². The third-order valence-corrected chi connectivity index (χ3v) is 6.32. The lowest BCUT2D eigenvalue weighted by atomic mass is 9.72. The van der Waals surface area contributed by atoms with E-state index < -0.39 is 0 Å². The third-order valence-electron chi connectivity index (χ3n) is 6.32. The van der Waals surface area contributed by atoms with Crippen LogP contribution in [0.25, 0.3) is 0 Å². The van der Waals surface area contributed by atoms with Gasteiger partial charge in [-0.15, -0.1) is 0 Å². The molecule has 1 spiro atoms. The largest absolute Gasteiger partial charge is 0.436 e. The van der Waals surface area contributed by atoms with Gasteiger partial charge in [-0.05, 0) is 43.7 Å². The minimum Gasteiger partial charge on any atom is -0.436 e. The fourth-order valence-corrected chi connectivity index (χ4v) is 4.57. The fourth-order valence-electron chi connectivity index (χ4n) is 4.57. The molecule has 2 saturated heterocycles. The first kappa shape index (κ1) is 19.6. The van der Waals surface area contributed by atoms with Gasteiger partial charge in [0, 0.05) is 57.8 Å². The van der Waals surface area contributed by atoms with Gasteiger partial charge in [-0.3, -0.25) is 14.6 Å². The first-order valence-corrected chi connectivity index (χ1v) is 10.4. The lowest BCUT2D eigenvalue weighted by Crippen LogP contribution is -2.52. The summed E-state index contributed by atoms with van der Waals surface area (Å²) in [5.41, 5.74) is 1.77. The van der Waals surface area contributed by atoms with E-state index in [2.05, 4.69) is 9.97 Å². The minimum absolute atomic E-state index is 0.0724. The second-order valence-corrected chi connectivity index (χ2v) is 8.33. The first-order chi connectivity index (χ1) is 14.0. The first-order valence-electron chi connectivity index (χ1n) is 10.4. The number of piperidine rings is 2. The summed E-state index contributed by atoms with van der Waals surface area (Å²) in [7, 11) is 0. The Balaban J connectivity index is 1.36. The molecule has 0 saturated carbocycles. The van der Waals surface area contributed by atoms with Crippen molar-refractivity contribution >= 4 is 11.8 Å². The van der Waals surface area contributed by atoms with E-state index in [9.17, 15) is 9.59 Å². The lowest BCUT2D eigenvalue weighted by Gasteiger charge is -2.47. The topological polar surface area (TPSA) is 79.5 Å². The maximum Gasteiger partial charge on any atom is 0.291 e. The number of hydrogen-bond donors (Lipinski definition) is 0. The monoisotopic (exact) mass is 396 g/mol. The van der Waals surface area contributed by atoms with Gasteiger partial charge in [0.25, 0.3) is 5.91 Å². The van der Waals surface area contributed by atoms with Crippen molar-refractivity contribution in [1.29, 1.82) is 0 Å². The third kappa shape index (κ3) is 4.18. The Morgan fingerprint density at radius 1 is 1.21 bits per heavy atom. The Labute approximate surface area is 171 Å². The van der Waals surface area contributed by atoms with Crippen molar-refractivity contribution < 1.29 is 14.0 Å². The normalized spacial score (nSPS) is 19.0. The van der Waals surface area contributed by atoms with E-state index in [1.165, 1.54) is 0 Å². The zero-order valence-electron chi connectivity index (χ0n) is 17.2. The van der Waals surface area contributed by atoms with E-state index in [1.54, 1.807) is 20.0 Å². The summed E-state index contributed by atoms with van der Waals surface area (Å²) >= 11 is 0. The van der Waals surface area contributed by atoms with Crippen LogP contribution in [0.1, 0.15) is 53.5 Å². The second kappa shape index (κ2) is 7.97. The summed E-state index contributed by atoms with van der Waals surface area (Å²) in [5.74, 6) is 1.04. The van der Waals surface area contributed by atoms with Crippen LogP contribution in [0, 0.1) is 19.3 Å². The summed E-state index contributed by atoms with van der Waals surface area (Å²) in [6.45, 7) is 6.44. The highest BCUT2D eigenvalue weighted by molar-refractivity contribution is 5.92. The standard InChI is InChI=1S/C22H28N4O3/c1-16-20(29-17(2)24-16)21(28)25-13-9-22(10-14-25)8-6-19(27)26(15-22)12-7-18-5-3-4-11-23-18/h3-5,11H,6-10,12-15H2,1-2H3. The van der Waals surface area contributed by atoms with Crippen molar-refractivity contribution in [3.05, 3.63) is 47.4 Å². The zero-order valence-corrected chi connectivity index (χ0v) is 17.2. The number of nitrogens with zero attached hydrogens (tertiary/aromatic N) is 4. The minimum atomic E-state index is -0.0724. The quantitative estimate of drug-likeness (QED) is 0.794. The van der Waals surface area contributed by atoms with E-state index in [0.29, 0.717) is 43.4 Å². The van der Waals surface area contributed by atoms with Gasteiger partial charge in [0.05, 0.1) is 5.69 Å². The molecule has 2 amide bonds. The smallest absolute Gasteiger partial charge is 0.291 e. The molecule has 2 fully saturated rings. The van der Waals surface area contributed by atoms with Crippen molar-refractivity contribution in [2.45, 2.75) is 46.0 Å². The van der Waals surface area contributed by atoms with Crippen LogP contribution < -0.4 is 0 Å². The van der Waals surface area contributed by atoms with E-state index >= 15 is 0 Å². The summed E-state index contributed by atoms with van der Waals surface area (Å²) in [6, 6.07) is 5.88. The van der Waals surface area contributed by atoms with Gasteiger partial charge in [0.2, 0.25) is 11.7 Å². The van der Waals surface area contributed by atoms with Crippen LogP contribution in [0.15, 0.2) is 28.8 Å². The van der Waals surface area contributed by atoms with Crippen LogP contribution in [-0.4, -0.2) is 57.8 Å². The molecule has 0 aliphatic carbocycles. The Morgan fingerprint density at radius 3 is 2.66 bits per heavy atom. The van der Waals surface area contributed by atoms with Crippen LogP contribution in [0.3, 0.4) is 0 Å². The fraction of sp³-hybridized carbons (Fsp3) is 0.545. The molecule has 0 bridgehead atoms. The number of rotatable bonds is 4. The SMILES string of the molecule is Cc1nc(C)c(C(=O)N2CCC3(CCC(=O)N(CCc4ccccn4)C3)CC2)o1. The summed E-state index contributed by atoms with van der Waals surface area (Å²) in [4.78, 5) is 37.7. The molecule has 0 aromatic carbocycles. The number of likely N-dealkylation sites (tertiary alicyclic amines) is 2. The van der Waals surface area contributed by atoms with E-state index in [-0.39, 0.29) is 17.2 Å². The molecule has 2 aromatic heterocycles. The van der Waals surface area contributed by atoms with Crippen molar-refractivity contribution in [3.63, 3.8) is 0 Å². The number of amides is 2. The molecule has 4 rings (SSSR count). The van der Waals surface area contributed by atoms with Crippen molar-refractivity contribution in [3.8, 4) is 0 Å². The van der Waals surface area contributed by atoms with Crippen molar-refractivity contribution in [2.75, 3.05) is 26.2 Å². The molecule has 0 radical (unpaired) electrons. The van der Waals surface area contributed by atoms with E-state index in [0.717, 1.165) is 37.9 Å². The number of aromatic nitrogens is 2. The maximum atomic E-state index is 12.8. The molecule has 0 N–H and O–H groups in total. The summed E-state index contributed by atoms with van der Waals surface area (Å²) in [5, 5.41) is 0. The molecule has 2 aromatic rings. The summed E-state index contributed by atoms with van der Waals surface area (Å²) < 4.78 is 5.51. The van der Waals surface area contributed by atoms with Gasteiger partial charge >= 0.3 is 0 Å². The number of pyridine rings is 1. The molecular formula is C22H28N4O3. The number of carbonyl (C=O) groups is 2. The molecule has 7 nitrogen and oxygen atoms in total. The van der Waals surface area contributed by atoms with Crippen LogP contribution >= 0.6 is 0 Å². The number of aryl methyl sites for hydroxylation is 2. The predicted molar refractivity (Wildman–Crippen MR) is 107 cm³/mol. The molecule has 154 valence electrons. The molecule has 2 aliphatic rings. The average Bonchev–Trinajstić information content (AvgIpc) is 3.08. The van der Waals surface area contributed by atoms with Crippen molar-refractivity contribution in [1.82, 2.24) is 19.8 Å². The Bertz CT molecular complexity index is 885. The molecule has 4 heterocycles. The molecule has 29 heavy (non-hydrogen) atoms. The van der Waals surface area contributed by atoms with Crippen LogP contribution in [0.4, 0.5) is 0 Å². The molecule has 0 atom stereocenters. The molecular weight excluding hydrogens is 368 g/mol. The van der Waals surface area contributed by atoms with Crippen molar-refractivity contribution in [2.24, 2.45) is 5.41 Å². The van der Waals surface area contributed by atoms with Gasteiger partial charge in [-0.2, -0.15) is 0 Å². The van der Waals surface area contributed by atoms with Gasteiger partial charge in [0.15, 0.2) is 5.89 Å². The number of oxazole rings is 1. The Hall–Kier alpha value is -2.70. The van der Waals surface area contributed by atoms with E-state index in [4.69, 9.17) is 4.42 Å². The number of hydrogen-bond acceptors (Lipinski definition) is 5. The molecule has 2 aliphatic heterocycles. The van der Waals surface area contributed by atoms with Crippen LogP contribution in [0.2, 0.25) is 0 Å². The predicted octanol–water partition coefficient (Wildman–Crippen LogP) is 2.77. The van der Waals surface area contributed by atoms with E-state index in [1.807, 2.05) is 28.0 Å². The average molecular weight is 396 g/mol. The molecule has 0 unspecified atom stereocenters. The van der Waals surface area contributed by atoms with Gasteiger partial charge in [0.1, 0.15) is 0 Å². The number of carbonyl (C=O) groups excluding carboxylic acids is 2. The lowest BCUT2D eigenvalue weighted by molar-refractivity contribution is -0.138. The van der Waals surface area contributed by atoms with Gasteiger partial charge < -0.3 is 14.2 Å². The Morgan fingerprint density at radius 2 is 2.00 bits per heavy atom. The highest BCUT2D eigenvalue weighted by atomic mass is 16.4. The highest BCUT2D eigenvalue weighted by Crippen LogP contribution is 2.40.